The fraction of sp³-hybridized carbons (Fsp3) is 0.118. The van der Waals surface area contributed by atoms with Crippen molar-refractivity contribution in [1.82, 2.24) is 14.8 Å². The van der Waals surface area contributed by atoms with Crippen LogP contribution in [0, 0.1) is 11.6 Å². The average molecular weight is 436 g/mol. The lowest BCUT2D eigenvalue weighted by Crippen LogP contribution is -2.17. The number of benzene rings is 1. The predicted octanol–water partition coefficient (Wildman–Crippen LogP) is 4.84. The van der Waals surface area contributed by atoms with Crippen LogP contribution in [0.15, 0.2) is 42.6 Å². The van der Waals surface area contributed by atoms with Crippen LogP contribution < -0.4 is 5.32 Å². The molecule has 13 heteroatoms. The van der Waals surface area contributed by atoms with Crippen molar-refractivity contribution in [3.63, 3.8) is 0 Å². The molecule has 3 rings (SSSR count). The Labute approximate surface area is 162 Å². The number of pyridine rings is 1. The summed E-state index contributed by atoms with van der Waals surface area (Å²) < 4.78 is 105. The molecular weight excluding hydrogens is 428 g/mol. The molecule has 0 atom stereocenters. The first kappa shape index (κ1) is 21.2. The molecule has 0 bridgehead atoms. The summed E-state index contributed by atoms with van der Waals surface area (Å²) in [5, 5.41) is 4.96. The summed E-state index contributed by atoms with van der Waals surface area (Å²) in [4.78, 5) is 15.6. The van der Waals surface area contributed by atoms with E-state index in [4.69, 9.17) is 0 Å². The summed E-state index contributed by atoms with van der Waals surface area (Å²) in [6.45, 7) is 0. The second-order valence-corrected chi connectivity index (χ2v) is 5.77. The molecule has 2 heterocycles. The van der Waals surface area contributed by atoms with Gasteiger partial charge in [0.2, 0.25) is 0 Å². The van der Waals surface area contributed by atoms with E-state index in [2.05, 4.69) is 10.1 Å². The molecule has 0 aliphatic carbocycles. The maximum absolute atomic E-state index is 13.6. The van der Waals surface area contributed by atoms with Crippen molar-refractivity contribution >= 4 is 11.7 Å². The highest BCUT2D eigenvalue weighted by atomic mass is 19.4. The van der Waals surface area contributed by atoms with Gasteiger partial charge in [-0.15, -0.1) is 0 Å². The zero-order valence-corrected chi connectivity index (χ0v) is 14.3. The molecule has 0 saturated carbocycles. The van der Waals surface area contributed by atoms with Gasteiger partial charge in [0.25, 0.3) is 5.91 Å². The number of anilines is 1. The second-order valence-electron chi connectivity index (χ2n) is 5.77. The van der Waals surface area contributed by atoms with E-state index in [1.165, 1.54) is 0 Å². The van der Waals surface area contributed by atoms with Gasteiger partial charge in [0, 0.05) is 6.07 Å². The molecule has 3 aromatic rings. The number of hydrogen-bond donors (Lipinski definition) is 1. The number of nitrogens with zero attached hydrogens (tertiary/aromatic N) is 3. The first-order valence-electron chi connectivity index (χ1n) is 7.84. The Bertz CT molecular complexity index is 1070. The maximum Gasteiger partial charge on any atom is 0.435 e. The second kappa shape index (κ2) is 7.39. The van der Waals surface area contributed by atoms with Crippen LogP contribution >= 0.6 is 0 Å². The van der Waals surface area contributed by atoms with Gasteiger partial charge in [-0.25, -0.2) is 18.4 Å². The van der Waals surface area contributed by atoms with E-state index in [0.717, 1.165) is 30.3 Å². The molecule has 0 unspecified atom stereocenters. The maximum atomic E-state index is 13.6. The third kappa shape index (κ3) is 4.23. The molecule has 2 aromatic heterocycles. The molecule has 5 nitrogen and oxygen atoms in total. The number of alkyl halides is 6. The Morgan fingerprint density at radius 3 is 2.07 bits per heavy atom. The summed E-state index contributed by atoms with van der Waals surface area (Å²) in [5.41, 5.74) is -4.86. The first-order chi connectivity index (χ1) is 13.9. The monoisotopic (exact) mass is 436 g/mol. The summed E-state index contributed by atoms with van der Waals surface area (Å²) in [5.74, 6) is -3.85. The smallest absolute Gasteiger partial charge is 0.306 e. The topological polar surface area (TPSA) is 59.8 Å². The van der Waals surface area contributed by atoms with Crippen molar-refractivity contribution in [2.24, 2.45) is 0 Å². The summed E-state index contributed by atoms with van der Waals surface area (Å²) in [6, 6.07) is 4.37. The summed E-state index contributed by atoms with van der Waals surface area (Å²) in [6.07, 6.45) is -9.56. The zero-order chi connectivity index (χ0) is 22.3. The van der Waals surface area contributed by atoms with E-state index >= 15 is 0 Å². The third-order valence-corrected chi connectivity index (χ3v) is 3.71. The Morgan fingerprint density at radius 2 is 1.57 bits per heavy atom. The van der Waals surface area contributed by atoms with Crippen LogP contribution in [-0.4, -0.2) is 20.7 Å². The van der Waals surface area contributed by atoms with Gasteiger partial charge < -0.3 is 5.32 Å². The molecule has 0 fully saturated rings. The van der Waals surface area contributed by atoms with Gasteiger partial charge in [0.1, 0.15) is 28.7 Å². The molecule has 0 spiro atoms. The molecular formula is C17H8F8N4O. The Balaban J connectivity index is 1.91. The molecule has 30 heavy (non-hydrogen) atoms. The van der Waals surface area contributed by atoms with Crippen molar-refractivity contribution in [3.8, 4) is 5.69 Å². The normalized spacial score (nSPS) is 12.1. The lowest BCUT2D eigenvalue weighted by molar-refractivity contribution is -0.143. The fourth-order valence-corrected chi connectivity index (χ4v) is 2.40. The van der Waals surface area contributed by atoms with Gasteiger partial charge >= 0.3 is 12.4 Å². The van der Waals surface area contributed by atoms with Crippen molar-refractivity contribution in [3.05, 3.63) is 71.2 Å². The molecule has 0 radical (unpaired) electrons. The molecule has 1 amide bonds. The van der Waals surface area contributed by atoms with Crippen LogP contribution in [0.5, 0.6) is 0 Å². The van der Waals surface area contributed by atoms with Gasteiger partial charge in [-0.1, -0.05) is 6.07 Å². The van der Waals surface area contributed by atoms with Crippen LogP contribution in [0.3, 0.4) is 0 Å². The van der Waals surface area contributed by atoms with E-state index in [9.17, 15) is 39.9 Å². The SMILES string of the molecule is O=C(Nc1ccc(-n2nc(C(F)(F)F)cc2C(F)(F)F)cn1)c1c(F)cccc1F. The quantitative estimate of drug-likeness (QED) is 0.599. The summed E-state index contributed by atoms with van der Waals surface area (Å²) >= 11 is 0. The van der Waals surface area contributed by atoms with Crippen LogP contribution in [0.2, 0.25) is 0 Å². The van der Waals surface area contributed by atoms with E-state index in [0.29, 0.717) is 6.20 Å². The van der Waals surface area contributed by atoms with Crippen molar-refractivity contribution in [2.75, 3.05) is 5.32 Å². The highest BCUT2D eigenvalue weighted by Gasteiger charge is 2.42. The minimum absolute atomic E-state index is 0.00203. The predicted molar refractivity (Wildman–Crippen MR) is 85.7 cm³/mol. The Kier molecular flexibility index (Phi) is 5.22. The number of rotatable bonds is 3. The minimum Gasteiger partial charge on any atom is -0.306 e. The molecule has 0 aliphatic rings. The van der Waals surface area contributed by atoms with Gasteiger partial charge in [-0.3, -0.25) is 4.79 Å². The van der Waals surface area contributed by atoms with Crippen molar-refractivity contribution in [2.45, 2.75) is 12.4 Å². The number of halogens is 8. The molecule has 0 saturated heterocycles. The number of amides is 1. The summed E-state index contributed by atoms with van der Waals surface area (Å²) in [7, 11) is 0. The van der Waals surface area contributed by atoms with Crippen molar-refractivity contribution < 1.29 is 39.9 Å². The van der Waals surface area contributed by atoms with Crippen LogP contribution in [-0.2, 0) is 12.4 Å². The third-order valence-electron chi connectivity index (χ3n) is 3.71. The average Bonchev–Trinajstić information content (AvgIpc) is 3.08. The largest absolute Gasteiger partial charge is 0.435 e. The molecule has 1 N–H and O–H groups in total. The van der Waals surface area contributed by atoms with Gasteiger partial charge in [0.05, 0.1) is 11.9 Å². The Hall–Kier alpha value is -3.51. The molecule has 158 valence electrons. The van der Waals surface area contributed by atoms with E-state index in [-0.39, 0.29) is 16.6 Å². The van der Waals surface area contributed by atoms with Gasteiger partial charge in [-0.2, -0.15) is 31.4 Å². The first-order valence-corrected chi connectivity index (χ1v) is 7.84. The zero-order valence-electron chi connectivity index (χ0n) is 14.3. The molecule has 0 aliphatic heterocycles. The Morgan fingerprint density at radius 1 is 0.933 bits per heavy atom. The van der Waals surface area contributed by atoms with E-state index in [1.54, 1.807) is 0 Å². The van der Waals surface area contributed by atoms with Crippen molar-refractivity contribution in [1.29, 1.82) is 0 Å². The van der Waals surface area contributed by atoms with Gasteiger partial charge in [0.15, 0.2) is 5.69 Å². The number of nitrogens with one attached hydrogen (secondary N) is 1. The van der Waals surface area contributed by atoms with E-state index in [1.807, 2.05) is 5.32 Å². The number of carbonyl (C=O) groups excluding carboxylic acids is 1. The number of aromatic nitrogens is 3. The van der Waals surface area contributed by atoms with Crippen LogP contribution in [0.25, 0.3) is 5.69 Å². The highest BCUT2D eigenvalue weighted by molar-refractivity contribution is 6.04. The fourth-order valence-electron chi connectivity index (χ4n) is 2.40. The number of carbonyl (C=O) groups is 1. The lowest BCUT2D eigenvalue weighted by Gasteiger charge is -2.11. The minimum atomic E-state index is -5.15. The lowest BCUT2D eigenvalue weighted by atomic mass is 10.2. The van der Waals surface area contributed by atoms with Gasteiger partial charge in [-0.05, 0) is 24.3 Å². The van der Waals surface area contributed by atoms with E-state index < -0.39 is 52.5 Å². The standard InChI is InChI=1S/C17H8F8N4O/c18-9-2-1-3-10(19)14(9)15(30)27-13-5-4-8(7-26-13)29-12(17(23,24)25)6-11(28-29)16(20,21)22/h1-7H,(H,26,27,30). The molecule has 1 aromatic carbocycles. The van der Waals surface area contributed by atoms with Crippen LogP contribution in [0.1, 0.15) is 21.7 Å². The highest BCUT2D eigenvalue weighted by Crippen LogP contribution is 2.36. The number of hydrogen-bond acceptors (Lipinski definition) is 3. The van der Waals surface area contributed by atoms with Crippen LogP contribution in [0.4, 0.5) is 40.9 Å².